The fourth-order valence-corrected chi connectivity index (χ4v) is 2.75. The molecule has 2 rings (SSSR count). The van der Waals surface area contributed by atoms with Crippen LogP contribution in [-0.2, 0) is 19.1 Å². The van der Waals surface area contributed by atoms with E-state index in [0.29, 0.717) is 24.3 Å². The molecule has 0 radical (unpaired) electrons. The summed E-state index contributed by atoms with van der Waals surface area (Å²) in [6, 6.07) is 1.66. The number of nitrogens with two attached hydrogens (primary N) is 1. The standard InChI is InChI=1S/C6H2ClF3O2S.C6H4F3NO2S/c7-13(11,12)3-1-4(8)6(10)5(9)2-3;7-3-1-2-4(13(10,11)12)6(9)5(3)8/h1-2H;1-2H,(H2,10,11,12). The van der Waals surface area contributed by atoms with Crippen molar-refractivity contribution in [1.82, 2.24) is 0 Å². The molecule has 2 N–H and O–H groups in total. The van der Waals surface area contributed by atoms with E-state index in [-0.39, 0.29) is 0 Å². The largest absolute Gasteiger partial charge is 0.261 e. The molecule has 144 valence electrons. The van der Waals surface area contributed by atoms with Crippen molar-refractivity contribution in [2.24, 2.45) is 5.14 Å². The molecule has 0 fully saturated rings. The molecule has 2 aromatic carbocycles. The van der Waals surface area contributed by atoms with Gasteiger partial charge in [0.05, 0.1) is 4.90 Å². The lowest BCUT2D eigenvalue weighted by molar-refractivity contribution is 0.432. The number of hydrogen-bond acceptors (Lipinski definition) is 4. The fraction of sp³-hybridized carbons (Fsp3) is 0. The summed E-state index contributed by atoms with van der Waals surface area (Å²) in [5, 5.41) is 4.52. The second-order valence-electron chi connectivity index (χ2n) is 4.36. The molecule has 0 aromatic heterocycles. The van der Waals surface area contributed by atoms with Gasteiger partial charge in [-0.2, -0.15) is 0 Å². The van der Waals surface area contributed by atoms with Crippen LogP contribution in [0.1, 0.15) is 0 Å². The van der Waals surface area contributed by atoms with Gasteiger partial charge in [-0.05, 0) is 24.3 Å². The molecule has 0 aliphatic rings. The van der Waals surface area contributed by atoms with Crippen molar-refractivity contribution in [1.29, 1.82) is 0 Å². The Morgan fingerprint density at radius 1 is 0.731 bits per heavy atom. The van der Waals surface area contributed by atoms with E-state index in [1.165, 1.54) is 0 Å². The Kier molecular flexibility index (Phi) is 6.68. The third-order valence-corrected chi connectivity index (χ3v) is 4.81. The van der Waals surface area contributed by atoms with Gasteiger partial charge in [-0.15, -0.1) is 0 Å². The summed E-state index contributed by atoms with van der Waals surface area (Å²) in [5.41, 5.74) is 0. The first-order chi connectivity index (χ1) is 11.7. The molecule has 0 spiro atoms. The lowest BCUT2D eigenvalue weighted by atomic mass is 10.3. The molecule has 0 amide bonds. The van der Waals surface area contributed by atoms with Crippen LogP contribution in [0.5, 0.6) is 0 Å². The van der Waals surface area contributed by atoms with Crippen LogP contribution in [0.15, 0.2) is 34.1 Å². The summed E-state index contributed by atoms with van der Waals surface area (Å²) in [6.07, 6.45) is 0. The Balaban J connectivity index is 0.000000260. The first kappa shape index (κ1) is 22.2. The SMILES string of the molecule is NS(=O)(=O)c1ccc(F)c(F)c1F.O=S(=O)(Cl)c1cc(F)c(F)c(F)c1. The number of primary sulfonamides is 1. The van der Waals surface area contributed by atoms with Crippen LogP contribution < -0.4 is 5.14 Å². The van der Waals surface area contributed by atoms with Gasteiger partial charge < -0.3 is 0 Å². The van der Waals surface area contributed by atoms with Gasteiger partial charge in [-0.25, -0.2) is 48.3 Å². The maximum atomic E-state index is 12.7. The summed E-state index contributed by atoms with van der Waals surface area (Å²) >= 11 is 0. The van der Waals surface area contributed by atoms with Gasteiger partial charge in [-0.1, -0.05) is 0 Å². The molecule has 26 heavy (non-hydrogen) atoms. The smallest absolute Gasteiger partial charge is 0.225 e. The van der Waals surface area contributed by atoms with E-state index >= 15 is 0 Å². The van der Waals surface area contributed by atoms with Gasteiger partial charge in [0.1, 0.15) is 4.90 Å². The highest BCUT2D eigenvalue weighted by Gasteiger charge is 2.20. The minimum absolute atomic E-state index is 0.306. The third-order valence-electron chi connectivity index (χ3n) is 2.55. The highest BCUT2D eigenvalue weighted by Crippen LogP contribution is 2.20. The van der Waals surface area contributed by atoms with Crippen molar-refractivity contribution in [3.8, 4) is 0 Å². The predicted octanol–water partition coefficient (Wildman–Crippen LogP) is 2.78. The van der Waals surface area contributed by atoms with Crippen LogP contribution >= 0.6 is 10.7 Å². The minimum atomic E-state index is -4.35. The van der Waals surface area contributed by atoms with E-state index in [9.17, 15) is 43.2 Å². The van der Waals surface area contributed by atoms with Crippen LogP contribution in [0.4, 0.5) is 26.3 Å². The molecule has 0 saturated carbocycles. The number of sulfonamides is 1. The number of hydrogen-bond donors (Lipinski definition) is 1. The number of halogens is 7. The summed E-state index contributed by atoms with van der Waals surface area (Å²) in [7, 11) is -3.82. The van der Waals surface area contributed by atoms with E-state index in [2.05, 4.69) is 5.14 Å². The summed E-state index contributed by atoms with van der Waals surface area (Å²) in [5.74, 6) is -10.1. The maximum Gasteiger partial charge on any atom is 0.261 e. The molecule has 0 unspecified atom stereocenters. The highest BCUT2D eigenvalue weighted by molar-refractivity contribution is 8.13. The predicted molar refractivity (Wildman–Crippen MR) is 77.0 cm³/mol. The van der Waals surface area contributed by atoms with Gasteiger partial charge in [0.2, 0.25) is 10.0 Å². The van der Waals surface area contributed by atoms with E-state index in [1.54, 1.807) is 0 Å². The lowest BCUT2D eigenvalue weighted by Crippen LogP contribution is -2.15. The zero-order valence-corrected chi connectivity index (χ0v) is 14.4. The first-order valence-corrected chi connectivity index (χ1v) is 9.77. The molecular weight excluding hydrogens is 436 g/mol. The van der Waals surface area contributed by atoms with Crippen LogP contribution in [0.2, 0.25) is 0 Å². The Hall–Kier alpha value is -1.83. The van der Waals surface area contributed by atoms with Crippen molar-refractivity contribution in [2.45, 2.75) is 9.79 Å². The maximum absolute atomic E-state index is 12.7. The normalized spacial score (nSPS) is 11.7. The van der Waals surface area contributed by atoms with Crippen LogP contribution in [0.25, 0.3) is 0 Å². The van der Waals surface area contributed by atoms with E-state index in [1.807, 2.05) is 0 Å². The van der Waals surface area contributed by atoms with E-state index in [4.69, 9.17) is 10.7 Å². The molecule has 2 aromatic rings. The van der Waals surface area contributed by atoms with Gasteiger partial charge >= 0.3 is 0 Å². The van der Waals surface area contributed by atoms with Crippen molar-refractivity contribution >= 4 is 29.8 Å². The summed E-state index contributed by atoms with van der Waals surface area (Å²) < 4.78 is 117. The van der Waals surface area contributed by atoms with Crippen molar-refractivity contribution in [3.63, 3.8) is 0 Å². The third kappa shape index (κ3) is 5.33. The number of benzene rings is 2. The van der Waals surface area contributed by atoms with Gasteiger partial charge in [0.15, 0.2) is 34.9 Å². The van der Waals surface area contributed by atoms with Crippen LogP contribution in [0.3, 0.4) is 0 Å². The average Bonchev–Trinajstić information content (AvgIpc) is 2.48. The molecule has 0 bridgehead atoms. The monoisotopic (exact) mass is 441 g/mol. The zero-order valence-electron chi connectivity index (χ0n) is 12.0. The highest BCUT2D eigenvalue weighted by atomic mass is 35.7. The van der Waals surface area contributed by atoms with Gasteiger partial charge in [0.25, 0.3) is 9.05 Å². The Morgan fingerprint density at radius 2 is 1.19 bits per heavy atom. The second kappa shape index (κ2) is 7.82. The second-order valence-corrected chi connectivity index (χ2v) is 8.45. The molecule has 0 atom stereocenters. The Bertz CT molecular complexity index is 1040. The summed E-state index contributed by atoms with van der Waals surface area (Å²) in [6.45, 7) is 0. The molecule has 0 aliphatic heterocycles. The van der Waals surface area contributed by atoms with E-state index < -0.39 is 63.8 Å². The lowest BCUT2D eigenvalue weighted by Gasteiger charge is -2.00. The van der Waals surface area contributed by atoms with E-state index in [0.717, 1.165) is 0 Å². The first-order valence-electron chi connectivity index (χ1n) is 5.91. The van der Waals surface area contributed by atoms with Crippen molar-refractivity contribution in [3.05, 3.63) is 59.2 Å². The minimum Gasteiger partial charge on any atom is -0.225 e. The fourth-order valence-electron chi connectivity index (χ4n) is 1.40. The summed E-state index contributed by atoms with van der Waals surface area (Å²) in [4.78, 5) is -1.88. The quantitative estimate of drug-likeness (QED) is 0.440. The average molecular weight is 442 g/mol. The molecule has 0 aliphatic carbocycles. The Labute approximate surface area is 147 Å². The number of rotatable bonds is 2. The molecule has 14 heteroatoms. The molecule has 5 nitrogen and oxygen atoms in total. The zero-order chi connectivity index (χ0) is 20.4. The Morgan fingerprint density at radius 3 is 1.58 bits per heavy atom. The van der Waals surface area contributed by atoms with Crippen LogP contribution in [-0.4, -0.2) is 16.8 Å². The molecular formula is C12H6ClF6NO4S2. The van der Waals surface area contributed by atoms with Crippen molar-refractivity contribution in [2.75, 3.05) is 0 Å². The van der Waals surface area contributed by atoms with Crippen LogP contribution in [0, 0.1) is 34.9 Å². The molecule has 0 heterocycles. The van der Waals surface area contributed by atoms with Gasteiger partial charge in [-0.3, -0.25) is 0 Å². The van der Waals surface area contributed by atoms with Crippen molar-refractivity contribution < 1.29 is 43.2 Å². The van der Waals surface area contributed by atoms with Gasteiger partial charge in [0, 0.05) is 10.7 Å². The topological polar surface area (TPSA) is 94.3 Å². The molecule has 0 saturated heterocycles.